The number of carbonyl (C=O) groups excluding carboxylic acids is 4. The molecule has 4 rings (SSSR count). The summed E-state index contributed by atoms with van der Waals surface area (Å²) in [6, 6.07) is 2.25. The summed E-state index contributed by atoms with van der Waals surface area (Å²) in [4.78, 5) is 52.8. The van der Waals surface area contributed by atoms with Crippen molar-refractivity contribution in [3.63, 3.8) is 0 Å². The Balaban J connectivity index is 1.56. The Kier molecular flexibility index (Phi) is 11.0. The third kappa shape index (κ3) is 7.26. The van der Waals surface area contributed by atoms with Crippen LogP contribution in [0.1, 0.15) is 88.9 Å². The zero-order valence-electron chi connectivity index (χ0n) is 27.7. The Morgan fingerprint density at radius 1 is 0.646 bits per heavy atom. The van der Waals surface area contributed by atoms with E-state index in [4.69, 9.17) is 88.6 Å². The van der Waals surface area contributed by atoms with Crippen LogP contribution in [-0.4, -0.2) is 37.1 Å². The number of esters is 4. The van der Waals surface area contributed by atoms with E-state index in [-0.39, 0.29) is 54.2 Å². The number of halogens is 6. The van der Waals surface area contributed by atoms with E-state index in [0.717, 1.165) is 25.0 Å². The summed E-state index contributed by atoms with van der Waals surface area (Å²) in [5.74, 6) is -5.58. The van der Waals surface area contributed by atoms with Crippen LogP contribution in [0.3, 0.4) is 0 Å². The lowest BCUT2D eigenvalue weighted by atomic mass is 9.76. The molecule has 0 heterocycles. The van der Waals surface area contributed by atoms with Crippen molar-refractivity contribution in [2.24, 2.45) is 33.5 Å². The van der Waals surface area contributed by atoms with E-state index in [2.05, 4.69) is 27.7 Å². The highest BCUT2D eigenvalue weighted by Crippen LogP contribution is 2.63. The van der Waals surface area contributed by atoms with Gasteiger partial charge in [0.05, 0.1) is 43.3 Å². The van der Waals surface area contributed by atoms with E-state index in [9.17, 15) is 19.2 Å². The number of carbonyl (C=O) groups is 4. The van der Waals surface area contributed by atoms with Crippen LogP contribution in [-0.2, 0) is 19.1 Å². The smallest absolute Gasteiger partial charge is 0.423 e. The maximum Gasteiger partial charge on any atom is 0.423 e. The quantitative estimate of drug-likeness (QED) is 0.101. The zero-order valence-corrected chi connectivity index (χ0v) is 32.2. The Morgan fingerprint density at radius 3 is 1.21 bits per heavy atom. The molecule has 0 bridgehead atoms. The maximum atomic E-state index is 13.3. The monoisotopic (exact) mass is 782 g/mol. The van der Waals surface area contributed by atoms with Crippen molar-refractivity contribution in [2.45, 2.75) is 68.2 Å². The van der Waals surface area contributed by atoms with Crippen molar-refractivity contribution in [3.8, 4) is 11.5 Å². The second kappa shape index (κ2) is 13.6. The molecule has 0 saturated heterocycles. The fourth-order valence-electron chi connectivity index (χ4n) is 6.00. The standard InChI is InChI=1S/C34H36Cl6O8/c1-15-11-33(15,7)31(3,4)13-45-27(41)21-23(39)17(35)9-19(37)25(21)47-29(43)30(44)48-26-20(38)10-18(36)24(40)22(26)28(42)46-14-32(5,6)34(8)12-16(34)2/h9-10,15-16H,11-14H2,1-8H3. The highest BCUT2D eigenvalue weighted by molar-refractivity contribution is 6.47. The zero-order chi connectivity index (χ0) is 36.3. The van der Waals surface area contributed by atoms with E-state index in [1.165, 1.54) is 0 Å². The van der Waals surface area contributed by atoms with Gasteiger partial charge >= 0.3 is 23.9 Å². The fraction of sp³-hybridized carbons (Fsp3) is 0.529. The Labute approximate surface area is 309 Å². The summed E-state index contributed by atoms with van der Waals surface area (Å²) in [5.41, 5.74) is -1.86. The molecular weight excluding hydrogens is 749 g/mol. The summed E-state index contributed by atoms with van der Waals surface area (Å²) >= 11 is 37.7. The van der Waals surface area contributed by atoms with Crippen LogP contribution in [0, 0.1) is 33.5 Å². The Bertz CT molecular complexity index is 1580. The number of hydrogen-bond donors (Lipinski definition) is 0. The van der Waals surface area contributed by atoms with Crippen molar-refractivity contribution in [2.75, 3.05) is 13.2 Å². The first-order valence-electron chi connectivity index (χ1n) is 15.1. The van der Waals surface area contributed by atoms with Gasteiger partial charge in [-0.3, -0.25) is 0 Å². The molecule has 48 heavy (non-hydrogen) atoms. The van der Waals surface area contributed by atoms with Gasteiger partial charge in [-0.25, -0.2) is 19.2 Å². The van der Waals surface area contributed by atoms with Gasteiger partial charge in [-0.2, -0.15) is 0 Å². The van der Waals surface area contributed by atoms with E-state index in [1.807, 2.05) is 27.7 Å². The fourth-order valence-corrected chi connectivity index (χ4v) is 7.44. The van der Waals surface area contributed by atoms with Crippen molar-refractivity contribution in [1.29, 1.82) is 0 Å². The normalized spacial score (nSPS) is 23.3. The van der Waals surface area contributed by atoms with Gasteiger partial charge in [-0.05, 0) is 47.6 Å². The second-order valence-corrected chi connectivity index (χ2v) is 16.8. The van der Waals surface area contributed by atoms with E-state index >= 15 is 0 Å². The lowest BCUT2D eigenvalue weighted by Crippen LogP contribution is -2.32. The van der Waals surface area contributed by atoms with E-state index in [1.54, 1.807) is 0 Å². The first kappa shape index (κ1) is 38.9. The topological polar surface area (TPSA) is 105 Å². The number of hydrogen-bond acceptors (Lipinski definition) is 8. The van der Waals surface area contributed by atoms with Crippen molar-refractivity contribution in [3.05, 3.63) is 53.4 Å². The first-order valence-corrected chi connectivity index (χ1v) is 17.4. The lowest BCUT2D eigenvalue weighted by molar-refractivity contribution is -0.156. The molecule has 0 radical (unpaired) electrons. The molecule has 8 nitrogen and oxygen atoms in total. The summed E-state index contributed by atoms with van der Waals surface area (Å²) < 4.78 is 21.6. The van der Waals surface area contributed by atoms with Crippen LogP contribution in [0.5, 0.6) is 11.5 Å². The largest absolute Gasteiger partial charge is 0.461 e. The molecule has 2 aromatic rings. The number of ether oxygens (including phenoxy) is 4. The molecule has 0 spiro atoms. The van der Waals surface area contributed by atoms with Crippen molar-refractivity contribution in [1.82, 2.24) is 0 Å². The van der Waals surface area contributed by atoms with Crippen LogP contribution in [0.2, 0.25) is 30.1 Å². The third-order valence-electron chi connectivity index (χ3n) is 10.8. The molecule has 14 heteroatoms. The predicted octanol–water partition coefficient (Wildman–Crippen LogP) is 10.6. The molecule has 0 aromatic heterocycles. The van der Waals surface area contributed by atoms with Crippen LogP contribution < -0.4 is 9.47 Å². The molecule has 262 valence electrons. The first-order chi connectivity index (χ1) is 22.0. The minimum absolute atomic E-state index is 0.00666. The molecule has 2 saturated carbocycles. The summed E-state index contributed by atoms with van der Waals surface area (Å²) in [6.45, 7) is 16.3. The number of benzene rings is 2. The minimum Gasteiger partial charge on any atom is -0.461 e. The van der Waals surface area contributed by atoms with Crippen LogP contribution in [0.25, 0.3) is 0 Å². The molecular formula is C34H36Cl6O8. The molecule has 2 aliphatic rings. The molecule has 2 fully saturated rings. The van der Waals surface area contributed by atoms with Crippen LogP contribution in [0.4, 0.5) is 0 Å². The third-order valence-corrected chi connectivity index (χ3v) is 12.9. The molecule has 2 aliphatic carbocycles. The lowest BCUT2D eigenvalue weighted by Gasteiger charge is -2.32. The van der Waals surface area contributed by atoms with Gasteiger partial charge < -0.3 is 18.9 Å². The molecule has 0 N–H and O–H groups in total. The summed E-state index contributed by atoms with van der Waals surface area (Å²) in [7, 11) is 0. The molecule has 4 atom stereocenters. The van der Waals surface area contributed by atoms with Crippen LogP contribution in [0.15, 0.2) is 12.1 Å². The van der Waals surface area contributed by atoms with Crippen molar-refractivity contribution >= 4 is 93.5 Å². The number of rotatable bonds is 10. The second-order valence-electron chi connectivity index (χ2n) is 14.5. The molecule has 4 unspecified atom stereocenters. The van der Waals surface area contributed by atoms with Gasteiger partial charge in [-0.1, -0.05) is 125 Å². The van der Waals surface area contributed by atoms with Crippen LogP contribution >= 0.6 is 69.6 Å². The van der Waals surface area contributed by atoms with Gasteiger partial charge in [0.15, 0.2) is 11.5 Å². The SMILES string of the molecule is CC1CC1(C)C(C)(C)COC(=O)c1c(Cl)c(Cl)cc(Cl)c1OC(=O)C(=O)Oc1c(Cl)cc(Cl)c(Cl)c1C(=O)OCC(C)(C)C1(C)CC1C. The summed E-state index contributed by atoms with van der Waals surface area (Å²) in [6.07, 6.45) is 1.93. The van der Waals surface area contributed by atoms with Gasteiger partial charge in [0, 0.05) is 10.8 Å². The molecule has 2 aromatic carbocycles. The Morgan fingerprint density at radius 2 is 0.938 bits per heavy atom. The van der Waals surface area contributed by atoms with Crippen molar-refractivity contribution < 1.29 is 38.1 Å². The van der Waals surface area contributed by atoms with Gasteiger partial charge in [-0.15, -0.1) is 0 Å². The maximum absolute atomic E-state index is 13.3. The highest BCUT2D eigenvalue weighted by atomic mass is 35.5. The minimum atomic E-state index is -1.65. The van der Waals surface area contributed by atoms with Gasteiger partial charge in [0.25, 0.3) is 0 Å². The van der Waals surface area contributed by atoms with Gasteiger partial charge in [0.2, 0.25) is 0 Å². The summed E-state index contributed by atoms with van der Waals surface area (Å²) in [5, 5.41) is -1.54. The molecule has 0 aliphatic heterocycles. The van der Waals surface area contributed by atoms with E-state index < -0.39 is 57.3 Å². The highest BCUT2D eigenvalue weighted by Gasteiger charge is 2.58. The molecule has 0 amide bonds. The average Bonchev–Trinajstić information content (AvgIpc) is 3.84. The Hall–Kier alpha value is -1.94. The van der Waals surface area contributed by atoms with Gasteiger partial charge in [0.1, 0.15) is 11.1 Å². The average molecular weight is 785 g/mol. The van der Waals surface area contributed by atoms with E-state index in [0.29, 0.717) is 11.8 Å². The predicted molar refractivity (Wildman–Crippen MR) is 186 cm³/mol.